The number of piperazine rings is 1. The number of amides is 1. The lowest BCUT2D eigenvalue weighted by atomic mass is 10.1. The molecule has 1 amide bonds. The second kappa shape index (κ2) is 8.74. The van der Waals surface area contributed by atoms with E-state index in [-0.39, 0.29) is 18.0 Å². The van der Waals surface area contributed by atoms with Crippen molar-refractivity contribution in [3.8, 4) is 0 Å². The second-order valence-corrected chi connectivity index (χ2v) is 7.28. The van der Waals surface area contributed by atoms with E-state index in [4.69, 9.17) is 0 Å². The Morgan fingerprint density at radius 3 is 2.32 bits per heavy atom. The zero-order chi connectivity index (χ0) is 18.3. The molecule has 0 bridgehead atoms. The molecule has 0 aromatic heterocycles. The van der Waals surface area contributed by atoms with Gasteiger partial charge in [0.25, 0.3) is 0 Å². The highest BCUT2D eigenvalue weighted by Crippen LogP contribution is 2.15. The summed E-state index contributed by atoms with van der Waals surface area (Å²) < 4.78 is 0. The van der Waals surface area contributed by atoms with Gasteiger partial charge in [-0.1, -0.05) is 18.2 Å². The van der Waals surface area contributed by atoms with Crippen LogP contribution in [0.2, 0.25) is 0 Å². The number of para-hydroxylation sites is 1. The van der Waals surface area contributed by atoms with Crippen molar-refractivity contribution in [3.05, 3.63) is 30.3 Å². The molecule has 1 saturated heterocycles. The fourth-order valence-corrected chi connectivity index (χ4v) is 2.85. The van der Waals surface area contributed by atoms with Gasteiger partial charge in [0, 0.05) is 44.0 Å². The number of hydrogen-bond donors (Lipinski definition) is 2. The summed E-state index contributed by atoms with van der Waals surface area (Å²) in [6.07, 6.45) is 0. The average molecular weight is 345 g/mol. The van der Waals surface area contributed by atoms with Gasteiger partial charge in [-0.05, 0) is 39.8 Å². The van der Waals surface area contributed by atoms with Crippen molar-refractivity contribution in [2.45, 2.75) is 33.2 Å². The number of benzene rings is 1. The summed E-state index contributed by atoms with van der Waals surface area (Å²) in [5.74, 6) is 0.769. The van der Waals surface area contributed by atoms with Crippen molar-refractivity contribution in [3.63, 3.8) is 0 Å². The van der Waals surface area contributed by atoms with Gasteiger partial charge in [0.2, 0.25) is 5.91 Å². The summed E-state index contributed by atoms with van der Waals surface area (Å²) in [4.78, 5) is 21.1. The fourth-order valence-electron chi connectivity index (χ4n) is 2.85. The smallest absolute Gasteiger partial charge is 0.242 e. The van der Waals surface area contributed by atoms with Crippen LogP contribution in [0.25, 0.3) is 0 Å². The van der Waals surface area contributed by atoms with E-state index in [0.717, 1.165) is 38.7 Å². The monoisotopic (exact) mass is 345 g/mol. The molecular weight excluding hydrogens is 314 g/mol. The Balaban J connectivity index is 1.92. The number of carbonyl (C=O) groups is 1. The van der Waals surface area contributed by atoms with Gasteiger partial charge in [0.1, 0.15) is 6.54 Å². The molecule has 1 aliphatic rings. The third-order valence-electron chi connectivity index (χ3n) is 3.92. The highest BCUT2D eigenvalue weighted by atomic mass is 16.2. The molecule has 0 saturated carbocycles. The molecule has 0 spiro atoms. The van der Waals surface area contributed by atoms with Crippen molar-refractivity contribution in [1.82, 2.24) is 15.5 Å². The highest BCUT2D eigenvalue weighted by Gasteiger charge is 2.20. The van der Waals surface area contributed by atoms with Crippen LogP contribution >= 0.6 is 0 Å². The quantitative estimate of drug-likeness (QED) is 0.644. The first kappa shape index (κ1) is 19.1. The van der Waals surface area contributed by atoms with E-state index in [9.17, 15) is 4.79 Å². The Morgan fingerprint density at radius 1 is 1.12 bits per heavy atom. The first-order valence-corrected chi connectivity index (χ1v) is 9.03. The van der Waals surface area contributed by atoms with Crippen LogP contribution < -0.4 is 15.5 Å². The summed E-state index contributed by atoms with van der Waals surface area (Å²) in [5, 5.41) is 6.25. The average Bonchev–Trinajstić information content (AvgIpc) is 2.58. The molecule has 6 heteroatoms. The molecule has 1 aliphatic heterocycles. The minimum atomic E-state index is -0.230. The van der Waals surface area contributed by atoms with Crippen LogP contribution in [-0.2, 0) is 4.79 Å². The van der Waals surface area contributed by atoms with Crippen LogP contribution in [0, 0.1) is 0 Å². The molecule has 1 aromatic rings. The van der Waals surface area contributed by atoms with Crippen LogP contribution in [-0.4, -0.2) is 61.6 Å². The van der Waals surface area contributed by atoms with Crippen molar-refractivity contribution >= 4 is 17.6 Å². The Morgan fingerprint density at radius 2 is 1.76 bits per heavy atom. The number of nitrogens with one attached hydrogen (secondary N) is 2. The van der Waals surface area contributed by atoms with E-state index in [0.29, 0.717) is 0 Å². The normalized spacial score (nSPS) is 15.9. The zero-order valence-electron chi connectivity index (χ0n) is 15.9. The molecule has 0 atom stereocenters. The highest BCUT2D eigenvalue weighted by molar-refractivity contribution is 5.85. The summed E-state index contributed by atoms with van der Waals surface area (Å²) >= 11 is 0. The first-order valence-electron chi connectivity index (χ1n) is 9.03. The van der Waals surface area contributed by atoms with Crippen molar-refractivity contribution in [2.24, 2.45) is 4.99 Å². The van der Waals surface area contributed by atoms with E-state index < -0.39 is 0 Å². The summed E-state index contributed by atoms with van der Waals surface area (Å²) in [7, 11) is 0. The number of hydrogen-bond acceptors (Lipinski definition) is 3. The Hall–Kier alpha value is -2.24. The molecule has 0 radical (unpaired) electrons. The number of rotatable bonds is 4. The first-order chi connectivity index (χ1) is 11.9. The molecule has 25 heavy (non-hydrogen) atoms. The predicted octanol–water partition coefficient (Wildman–Crippen LogP) is 1.69. The van der Waals surface area contributed by atoms with Gasteiger partial charge in [0.05, 0.1) is 0 Å². The Kier molecular flexibility index (Phi) is 6.67. The van der Waals surface area contributed by atoms with Gasteiger partial charge in [-0.25, -0.2) is 4.99 Å². The molecule has 138 valence electrons. The maximum Gasteiger partial charge on any atom is 0.242 e. The van der Waals surface area contributed by atoms with Crippen molar-refractivity contribution < 1.29 is 4.79 Å². The largest absolute Gasteiger partial charge is 0.368 e. The number of guanidine groups is 1. The Bertz CT molecular complexity index is 571. The lowest BCUT2D eigenvalue weighted by Gasteiger charge is -2.37. The Labute approximate surface area is 151 Å². The van der Waals surface area contributed by atoms with E-state index in [2.05, 4.69) is 49.7 Å². The maximum absolute atomic E-state index is 12.0. The predicted molar refractivity (Wildman–Crippen MR) is 104 cm³/mol. The van der Waals surface area contributed by atoms with Gasteiger partial charge < -0.3 is 20.4 Å². The number of aliphatic imine (C=N–C) groups is 1. The molecular formula is C19H31N5O. The third kappa shape index (κ3) is 6.29. The molecule has 1 aromatic carbocycles. The van der Waals surface area contributed by atoms with E-state index in [1.54, 1.807) is 0 Å². The summed E-state index contributed by atoms with van der Waals surface area (Å²) in [6.45, 7) is 12.6. The SMILES string of the molecule is CCNC(=NCC(=O)NC(C)(C)C)N1CCN(c2ccccc2)CC1. The number of anilines is 1. The lowest BCUT2D eigenvalue weighted by molar-refractivity contribution is -0.121. The topological polar surface area (TPSA) is 60.0 Å². The van der Waals surface area contributed by atoms with E-state index in [1.165, 1.54) is 5.69 Å². The van der Waals surface area contributed by atoms with Crippen LogP contribution in [0.4, 0.5) is 5.69 Å². The van der Waals surface area contributed by atoms with Gasteiger partial charge in [-0.15, -0.1) is 0 Å². The van der Waals surface area contributed by atoms with Crippen LogP contribution in [0.3, 0.4) is 0 Å². The minimum absolute atomic E-state index is 0.0502. The molecule has 6 nitrogen and oxygen atoms in total. The zero-order valence-corrected chi connectivity index (χ0v) is 15.9. The number of carbonyl (C=O) groups excluding carboxylic acids is 1. The molecule has 0 aliphatic carbocycles. The van der Waals surface area contributed by atoms with Gasteiger partial charge in [-0.2, -0.15) is 0 Å². The van der Waals surface area contributed by atoms with Crippen LogP contribution in [0.5, 0.6) is 0 Å². The van der Waals surface area contributed by atoms with E-state index >= 15 is 0 Å². The fraction of sp³-hybridized carbons (Fsp3) is 0.579. The minimum Gasteiger partial charge on any atom is -0.368 e. The van der Waals surface area contributed by atoms with Crippen LogP contribution in [0.15, 0.2) is 35.3 Å². The van der Waals surface area contributed by atoms with Crippen molar-refractivity contribution in [2.75, 3.05) is 44.2 Å². The molecule has 2 rings (SSSR count). The lowest BCUT2D eigenvalue weighted by Crippen LogP contribution is -2.53. The second-order valence-electron chi connectivity index (χ2n) is 7.28. The van der Waals surface area contributed by atoms with Crippen molar-refractivity contribution in [1.29, 1.82) is 0 Å². The molecule has 0 unspecified atom stereocenters. The number of nitrogens with zero attached hydrogens (tertiary/aromatic N) is 3. The van der Waals surface area contributed by atoms with Gasteiger partial charge in [-0.3, -0.25) is 4.79 Å². The van der Waals surface area contributed by atoms with Gasteiger partial charge in [0.15, 0.2) is 5.96 Å². The molecule has 2 N–H and O–H groups in total. The third-order valence-corrected chi connectivity index (χ3v) is 3.92. The van der Waals surface area contributed by atoms with Gasteiger partial charge >= 0.3 is 0 Å². The summed E-state index contributed by atoms with van der Waals surface area (Å²) in [6, 6.07) is 10.5. The van der Waals surface area contributed by atoms with E-state index in [1.807, 2.05) is 33.8 Å². The molecule has 1 heterocycles. The molecule has 1 fully saturated rings. The standard InChI is InChI=1S/C19H31N5O/c1-5-20-18(21-15-17(25)22-19(2,3)4)24-13-11-23(12-14-24)16-9-7-6-8-10-16/h6-10H,5,11-15H2,1-4H3,(H,20,21)(H,22,25). The maximum atomic E-state index is 12.0. The van der Waals surface area contributed by atoms with Crippen LogP contribution in [0.1, 0.15) is 27.7 Å². The summed E-state index contributed by atoms with van der Waals surface area (Å²) in [5.41, 5.74) is 1.03.